The van der Waals surface area contributed by atoms with Gasteiger partial charge < -0.3 is 10.6 Å². The van der Waals surface area contributed by atoms with Crippen LogP contribution in [0.25, 0.3) is 0 Å². The molecular weight excluding hydrogens is 243 g/mol. The van der Waals surface area contributed by atoms with Gasteiger partial charge in [-0.25, -0.2) is 14.4 Å². The summed E-state index contributed by atoms with van der Waals surface area (Å²) in [5, 5.41) is 6.15. The molecule has 0 saturated carbocycles. The molecule has 5 heteroatoms. The molecule has 0 saturated heterocycles. The van der Waals surface area contributed by atoms with E-state index in [0.29, 0.717) is 24.4 Å². The Hall–Kier alpha value is -2.17. The molecule has 0 unspecified atom stereocenters. The van der Waals surface area contributed by atoms with Crippen LogP contribution in [-0.4, -0.2) is 23.6 Å². The van der Waals surface area contributed by atoms with Crippen molar-refractivity contribution in [2.75, 3.05) is 24.2 Å². The first-order chi connectivity index (χ1) is 9.19. The summed E-state index contributed by atoms with van der Waals surface area (Å²) in [5.74, 6) is 2.04. The summed E-state index contributed by atoms with van der Waals surface area (Å²) in [5.41, 5.74) is 0.703. The summed E-state index contributed by atoms with van der Waals surface area (Å²) >= 11 is 0. The fourth-order valence-electron chi connectivity index (χ4n) is 1.81. The van der Waals surface area contributed by atoms with Crippen molar-refractivity contribution in [2.45, 2.75) is 13.3 Å². The van der Waals surface area contributed by atoms with Gasteiger partial charge in [0.2, 0.25) is 0 Å². The molecule has 19 heavy (non-hydrogen) atoms. The van der Waals surface area contributed by atoms with Crippen molar-refractivity contribution in [1.82, 2.24) is 9.97 Å². The maximum Gasteiger partial charge on any atom is 0.131 e. The Kier molecular flexibility index (Phi) is 4.28. The Morgan fingerprint density at radius 3 is 2.63 bits per heavy atom. The van der Waals surface area contributed by atoms with Crippen molar-refractivity contribution < 1.29 is 4.39 Å². The van der Waals surface area contributed by atoms with Gasteiger partial charge in [0.1, 0.15) is 23.3 Å². The molecule has 0 bridgehead atoms. The zero-order chi connectivity index (χ0) is 13.7. The van der Waals surface area contributed by atoms with Gasteiger partial charge in [0.05, 0.1) is 0 Å². The van der Waals surface area contributed by atoms with Crippen LogP contribution < -0.4 is 10.6 Å². The van der Waals surface area contributed by atoms with Gasteiger partial charge in [-0.2, -0.15) is 0 Å². The van der Waals surface area contributed by atoms with E-state index >= 15 is 0 Å². The first-order valence-corrected chi connectivity index (χ1v) is 6.20. The third kappa shape index (κ3) is 3.64. The maximum atomic E-state index is 13.4. The molecule has 2 rings (SSSR count). The molecule has 2 N–H and O–H groups in total. The summed E-state index contributed by atoms with van der Waals surface area (Å²) in [6.07, 6.45) is 0.616. The number of benzene rings is 1. The van der Waals surface area contributed by atoms with Crippen molar-refractivity contribution >= 4 is 11.6 Å². The first kappa shape index (κ1) is 13.3. The van der Waals surface area contributed by atoms with Crippen LogP contribution in [0.5, 0.6) is 0 Å². The third-order valence-electron chi connectivity index (χ3n) is 2.75. The van der Waals surface area contributed by atoms with E-state index in [0.717, 1.165) is 11.6 Å². The summed E-state index contributed by atoms with van der Waals surface area (Å²) in [6.45, 7) is 2.46. The van der Waals surface area contributed by atoms with E-state index in [4.69, 9.17) is 0 Å². The number of aromatic nitrogens is 2. The topological polar surface area (TPSA) is 49.8 Å². The lowest BCUT2D eigenvalue weighted by molar-refractivity contribution is 0.610. The summed E-state index contributed by atoms with van der Waals surface area (Å²) in [4.78, 5) is 8.49. The molecule has 1 aromatic carbocycles. The Bertz CT molecular complexity index is 557. The van der Waals surface area contributed by atoms with Crippen molar-refractivity contribution in [1.29, 1.82) is 0 Å². The highest BCUT2D eigenvalue weighted by Gasteiger charge is 2.02. The molecule has 0 aliphatic heterocycles. The molecule has 0 spiro atoms. The van der Waals surface area contributed by atoms with Gasteiger partial charge in [-0.1, -0.05) is 18.2 Å². The quantitative estimate of drug-likeness (QED) is 0.867. The summed E-state index contributed by atoms with van der Waals surface area (Å²) in [7, 11) is 1.81. The largest absolute Gasteiger partial charge is 0.373 e. The van der Waals surface area contributed by atoms with Crippen molar-refractivity contribution in [2.24, 2.45) is 0 Å². The molecule has 0 fully saturated rings. The van der Waals surface area contributed by atoms with Gasteiger partial charge in [-0.05, 0) is 25.0 Å². The average molecular weight is 260 g/mol. The number of rotatable bonds is 5. The van der Waals surface area contributed by atoms with Crippen LogP contribution in [0.4, 0.5) is 16.0 Å². The lowest BCUT2D eigenvalue weighted by Crippen LogP contribution is -2.09. The van der Waals surface area contributed by atoms with Gasteiger partial charge >= 0.3 is 0 Å². The highest BCUT2D eigenvalue weighted by molar-refractivity contribution is 5.47. The van der Waals surface area contributed by atoms with Crippen LogP contribution in [0.1, 0.15) is 11.4 Å². The van der Waals surface area contributed by atoms with Crippen LogP contribution in [-0.2, 0) is 6.42 Å². The summed E-state index contributed by atoms with van der Waals surface area (Å²) < 4.78 is 13.4. The number of aryl methyl sites for hydroxylation is 1. The van der Waals surface area contributed by atoms with Crippen LogP contribution in [0.3, 0.4) is 0 Å². The van der Waals surface area contributed by atoms with Crippen molar-refractivity contribution in [3.8, 4) is 0 Å². The number of hydrogen-bond acceptors (Lipinski definition) is 4. The Labute approximate surface area is 112 Å². The number of hydrogen-bond donors (Lipinski definition) is 2. The van der Waals surface area contributed by atoms with Gasteiger partial charge in [0.25, 0.3) is 0 Å². The minimum atomic E-state index is -0.168. The molecule has 1 aromatic heterocycles. The Morgan fingerprint density at radius 2 is 1.89 bits per heavy atom. The molecular formula is C14H17FN4. The number of halogens is 1. The van der Waals surface area contributed by atoms with Gasteiger partial charge in [-0.3, -0.25) is 0 Å². The van der Waals surface area contributed by atoms with E-state index in [1.807, 2.05) is 26.1 Å². The molecule has 0 aliphatic rings. The SMILES string of the molecule is CNc1cc(NCCc2ccccc2F)nc(C)n1. The molecule has 1 heterocycles. The molecule has 0 atom stereocenters. The second-order valence-electron chi connectivity index (χ2n) is 4.20. The van der Waals surface area contributed by atoms with Crippen LogP contribution in [0.2, 0.25) is 0 Å². The Morgan fingerprint density at radius 1 is 1.16 bits per heavy atom. The van der Waals surface area contributed by atoms with Gasteiger partial charge in [0.15, 0.2) is 0 Å². The lowest BCUT2D eigenvalue weighted by Gasteiger charge is -2.08. The standard InChI is InChI=1S/C14H17FN4/c1-10-18-13(16-2)9-14(19-10)17-8-7-11-5-3-4-6-12(11)15/h3-6,9H,7-8H2,1-2H3,(H2,16,17,18,19). The van der Waals surface area contributed by atoms with Gasteiger partial charge in [-0.15, -0.1) is 0 Å². The average Bonchev–Trinajstić information content (AvgIpc) is 2.40. The predicted molar refractivity (Wildman–Crippen MR) is 74.9 cm³/mol. The van der Waals surface area contributed by atoms with E-state index < -0.39 is 0 Å². The normalized spacial score (nSPS) is 10.3. The van der Waals surface area contributed by atoms with Crippen LogP contribution >= 0.6 is 0 Å². The van der Waals surface area contributed by atoms with E-state index in [-0.39, 0.29) is 5.82 Å². The fraction of sp³-hybridized carbons (Fsp3) is 0.286. The molecule has 2 aromatic rings. The van der Waals surface area contributed by atoms with Crippen molar-refractivity contribution in [3.05, 3.63) is 47.5 Å². The third-order valence-corrected chi connectivity index (χ3v) is 2.75. The minimum absolute atomic E-state index is 0.168. The van der Waals surface area contributed by atoms with E-state index in [1.54, 1.807) is 12.1 Å². The molecule has 0 amide bonds. The van der Waals surface area contributed by atoms with E-state index in [1.165, 1.54) is 6.07 Å². The maximum absolute atomic E-state index is 13.4. The highest BCUT2D eigenvalue weighted by Crippen LogP contribution is 2.11. The van der Waals surface area contributed by atoms with Crippen LogP contribution in [0, 0.1) is 12.7 Å². The second kappa shape index (κ2) is 6.13. The number of anilines is 2. The molecule has 4 nitrogen and oxygen atoms in total. The Balaban J connectivity index is 1.96. The predicted octanol–water partition coefficient (Wildman–Crippen LogP) is 2.62. The number of nitrogens with one attached hydrogen (secondary N) is 2. The van der Waals surface area contributed by atoms with Crippen molar-refractivity contribution in [3.63, 3.8) is 0 Å². The second-order valence-corrected chi connectivity index (χ2v) is 4.20. The first-order valence-electron chi connectivity index (χ1n) is 6.20. The smallest absolute Gasteiger partial charge is 0.131 e. The van der Waals surface area contributed by atoms with Gasteiger partial charge in [0, 0.05) is 19.7 Å². The fourth-order valence-corrected chi connectivity index (χ4v) is 1.81. The number of nitrogens with zero attached hydrogens (tertiary/aromatic N) is 2. The monoisotopic (exact) mass is 260 g/mol. The zero-order valence-electron chi connectivity index (χ0n) is 11.1. The summed E-state index contributed by atoms with van der Waals surface area (Å²) in [6, 6.07) is 8.63. The van der Waals surface area contributed by atoms with E-state index in [2.05, 4.69) is 20.6 Å². The molecule has 0 aliphatic carbocycles. The zero-order valence-corrected chi connectivity index (χ0v) is 11.1. The molecule has 100 valence electrons. The lowest BCUT2D eigenvalue weighted by atomic mass is 10.1. The highest BCUT2D eigenvalue weighted by atomic mass is 19.1. The van der Waals surface area contributed by atoms with E-state index in [9.17, 15) is 4.39 Å². The molecule has 0 radical (unpaired) electrons. The van der Waals surface area contributed by atoms with Crippen LogP contribution in [0.15, 0.2) is 30.3 Å². The minimum Gasteiger partial charge on any atom is -0.373 e.